The summed E-state index contributed by atoms with van der Waals surface area (Å²) in [5, 5.41) is 12.1. The Morgan fingerprint density at radius 3 is 2.69 bits per heavy atom. The molecule has 0 unspecified atom stereocenters. The molecule has 7 heteroatoms. The van der Waals surface area contributed by atoms with Crippen molar-refractivity contribution in [1.29, 1.82) is 0 Å². The standard InChI is InChI=1S/C9H11ClN2O2.2ClH/c1-2-3-11-8-7(9(13)14)4-6(10)5-12-8;;/h4-5H,2-3H2,1H3,(H,11,12)(H,13,14);2*1H. The van der Waals surface area contributed by atoms with E-state index in [-0.39, 0.29) is 30.4 Å². The fourth-order valence-electron chi connectivity index (χ4n) is 0.987. The van der Waals surface area contributed by atoms with Crippen LogP contribution in [0.1, 0.15) is 23.7 Å². The number of nitrogens with one attached hydrogen (secondary N) is 1. The highest BCUT2D eigenvalue weighted by molar-refractivity contribution is 6.30. The van der Waals surface area contributed by atoms with E-state index in [4.69, 9.17) is 16.7 Å². The number of halogens is 3. The minimum absolute atomic E-state index is 0. The third-order valence-electron chi connectivity index (χ3n) is 1.63. The van der Waals surface area contributed by atoms with Gasteiger partial charge in [-0.2, -0.15) is 0 Å². The fourth-order valence-corrected chi connectivity index (χ4v) is 1.14. The number of aromatic carboxylic acids is 1. The first-order valence-electron chi connectivity index (χ1n) is 4.28. The van der Waals surface area contributed by atoms with E-state index in [9.17, 15) is 4.79 Å². The lowest BCUT2D eigenvalue weighted by Crippen LogP contribution is -2.08. The molecule has 0 fully saturated rings. The molecule has 0 aliphatic heterocycles. The van der Waals surface area contributed by atoms with Gasteiger partial charge in [0.15, 0.2) is 0 Å². The summed E-state index contributed by atoms with van der Waals surface area (Å²) in [7, 11) is 0. The zero-order chi connectivity index (χ0) is 10.6. The van der Waals surface area contributed by atoms with Gasteiger partial charge in [0.2, 0.25) is 0 Å². The number of aromatic nitrogens is 1. The second-order valence-electron chi connectivity index (χ2n) is 2.78. The van der Waals surface area contributed by atoms with Crippen LogP contribution in [0, 0.1) is 0 Å². The van der Waals surface area contributed by atoms with E-state index in [2.05, 4.69) is 10.3 Å². The van der Waals surface area contributed by atoms with Gasteiger partial charge < -0.3 is 10.4 Å². The summed E-state index contributed by atoms with van der Waals surface area (Å²) < 4.78 is 0. The molecule has 0 saturated carbocycles. The van der Waals surface area contributed by atoms with Crippen molar-refractivity contribution in [2.45, 2.75) is 13.3 Å². The molecule has 0 amide bonds. The van der Waals surface area contributed by atoms with Gasteiger partial charge in [-0.15, -0.1) is 24.8 Å². The van der Waals surface area contributed by atoms with Gasteiger partial charge in [-0.3, -0.25) is 0 Å². The Bertz CT molecular complexity index is 348. The lowest BCUT2D eigenvalue weighted by Gasteiger charge is -2.06. The van der Waals surface area contributed by atoms with Crippen LogP contribution < -0.4 is 5.32 Å². The first-order chi connectivity index (χ1) is 6.65. The number of carboxylic acids is 1. The molecule has 1 heterocycles. The smallest absolute Gasteiger partial charge is 0.339 e. The van der Waals surface area contributed by atoms with E-state index in [1.54, 1.807) is 0 Å². The van der Waals surface area contributed by atoms with Gasteiger partial charge >= 0.3 is 5.97 Å². The molecule has 1 rings (SSSR count). The van der Waals surface area contributed by atoms with E-state index >= 15 is 0 Å². The summed E-state index contributed by atoms with van der Waals surface area (Å²) in [5.74, 6) is -0.664. The summed E-state index contributed by atoms with van der Waals surface area (Å²) >= 11 is 5.64. The summed E-state index contributed by atoms with van der Waals surface area (Å²) in [6.07, 6.45) is 2.33. The van der Waals surface area contributed by atoms with E-state index in [0.29, 0.717) is 17.4 Å². The van der Waals surface area contributed by atoms with Gasteiger partial charge in [0, 0.05) is 12.7 Å². The first kappa shape index (κ1) is 17.7. The third kappa shape index (κ3) is 4.88. The van der Waals surface area contributed by atoms with Gasteiger partial charge in [-0.25, -0.2) is 9.78 Å². The highest BCUT2D eigenvalue weighted by Gasteiger charge is 2.11. The molecule has 0 atom stereocenters. The molecule has 1 aromatic rings. The Kier molecular flexibility index (Phi) is 9.33. The number of pyridine rings is 1. The van der Waals surface area contributed by atoms with Crippen molar-refractivity contribution in [2.75, 3.05) is 11.9 Å². The first-order valence-corrected chi connectivity index (χ1v) is 4.65. The van der Waals surface area contributed by atoms with Crippen molar-refractivity contribution in [3.8, 4) is 0 Å². The molecule has 92 valence electrons. The topological polar surface area (TPSA) is 62.2 Å². The quantitative estimate of drug-likeness (QED) is 0.893. The fraction of sp³-hybridized carbons (Fsp3) is 0.333. The zero-order valence-electron chi connectivity index (χ0n) is 8.57. The van der Waals surface area contributed by atoms with E-state index in [0.717, 1.165) is 6.42 Å². The van der Waals surface area contributed by atoms with Crippen LogP contribution in [-0.2, 0) is 0 Å². The van der Waals surface area contributed by atoms with Crippen LogP contribution in [0.3, 0.4) is 0 Å². The molecule has 16 heavy (non-hydrogen) atoms. The molecule has 2 N–H and O–H groups in total. The maximum absolute atomic E-state index is 10.8. The number of rotatable bonds is 4. The second kappa shape index (κ2) is 8.44. The molecule has 1 aromatic heterocycles. The number of hydrogen-bond donors (Lipinski definition) is 2. The highest BCUT2D eigenvalue weighted by Crippen LogP contribution is 2.17. The minimum Gasteiger partial charge on any atom is -0.478 e. The summed E-state index contributed by atoms with van der Waals surface area (Å²) in [6, 6.07) is 1.38. The Morgan fingerprint density at radius 1 is 1.56 bits per heavy atom. The number of anilines is 1. The molecular weight excluding hydrogens is 274 g/mol. The molecule has 0 radical (unpaired) electrons. The Balaban J connectivity index is 0. The van der Waals surface area contributed by atoms with Gasteiger partial charge in [0.25, 0.3) is 0 Å². The highest BCUT2D eigenvalue weighted by atomic mass is 35.5. The van der Waals surface area contributed by atoms with Gasteiger partial charge in [-0.05, 0) is 12.5 Å². The molecule has 0 aromatic carbocycles. The number of hydrogen-bond acceptors (Lipinski definition) is 3. The minimum atomic E-state index is -1.03. The van der Waals surface area contributed by atoms with Crippen molar-refractivity contribution in [3.63, 3.8) is 0 Å². The molecule has 0 spiro atoms. The van der Waals surface area contributed by atoms with Crippen LogP contribution in [0.2, 0.25) is 5.02 Å². The van der Waals surface area contributed by atoms with Gasteiger partial charge in [-0.1, -0.05) is 18.5 Å². The van der Waals surface area contributed by atoms with Crippen LogP contribution in [0.15, 0.2) is 12.3 Å². The van der Waals surface area contributed by atoms with Crippen LogP contribution in [0.5, 0.6) is 0 Å². The summed E-state index contributed by atoms with van der Waals surface area (Å²) in [5.41, 5.74) is 0.103. The Morgan fingerprint density at radius 2 is 2.19 bits per heavy atom. The molecule has 0 aliphatic rings. The zero-order valence-corrected chi connectivity index (χ0v) is 11.0. The predicted octanol–water partition coefficient (Wildman–Crippen LogP) is 3.10. The van der Waals surface area contributed by atoms with Crippen LogP contribution in [0.25, 0.3) is 0 Å². The van der Waals surface area contributed by atoms with Gasteiger partial charge in [0.1, 0.15) is 11.4 Å². The maximum atomic E-state index is 10.8. The van der Waals surface area contributed by atoms with Crippen molar-refractivity contribution < 1.29 is 9.90 Å². The summed E-state index contributed by atoms with van der Waals surface area (Å²) in [4.78, 5) is 14.7. The normalized spacial score (nSPS) is 8.62. The molecule has 0 saturated heterocycles. The third-order valence-corrected chi connectivity index (χ3v) is 1.83. The van der Waals surface area contributed by atoms with E-state index in [1.807, 2.05) is 6.92 Å². The second-order valence-corrected chi connectivity index (χ2v) is 3.22. The number of carboxylic acid groups (broad SMARTS) is 1. The summed E-state index contributed by atoms with van der Waals surface area (Å²) in [6.45, 7) is 2.68. The lowest BCUT2D eigenvalue weighted by atomic mass is 10.2. The molecule has 0 aliphatic carbocycles. The van der Waals surface area contributed by atoms with Crippen LogP contribution >= 0.6 is 36.4 Å². The molecule has 0 bridgehead atoms. The van der Waals surface area contributed by atoms with Crippen molar-refractivity contribution in [2.24, 2.45) is 0 Å². The number of nitrogens with zero attached hydrogens (tertiary/aromatic N) is 1. The molecular formula is C9H13Cl3N2O2. The van der Waals surface area contributed by atoms with E-state index in [1.165, 1.54) is 12.3 Å². The van der Waals surface area contributed by atoms with Crippen molar-refractivity contribution in [1.82, 2.24) is 4.98 Å². The molecule has 4 nitrogen and oxygen atoms in total. The average Bonchev–Trinajstić information content (AvgIpc) is 2.15. The van der Waals surface area contributed by atoms with Crippen LogP contribution in [-0.4, -0.2) is 22.6 Å². The predicted molar refractivity (Wildman–Crippen MR) is 69.5 cm³/mol. The number of carbonyl (C=O) groups is 1. The van der Waals surface area contributed by atoms with E-state index < -0.39 is 5.97 Å². The van der Waals surface area contributed by atoms with Crippen LogP contribution in [0.4, 0.5) is 5.82 Å². The average molecular weight is 288 g/mol. The monoisotopic (exact) mass is 286 g/mol. The lowest BCUT2D eigenvalue weighted by molar-refractivity contribution is 0.0697. The SMILES string of the molecule is CCCNc1ncc(Cl)cc1C(=O)O.Cl.Cl. The largest absolute Gasteiger partial charge is 0.478 e. The maximum Gasteiger partial charge on any atom is 0.339 e. The van der Waals surface area contributed by atoms with Crippen molar-refractivity contribution >= 4 is 48.2 Å². The Labute approximate surface area is 111 Å². The van der Waals surface area contributed by atoms with Gasteiger partial charge in [0.05, 0.1) is 5.02 Å². The Hall–Kier alpha value is -0.710. The van der Waals surface area contributed by atoms with Crippen molar-refractivity contribution in [3.05, 3.63) is 22.8 Å².